The molecule has 2 N–H and O–H groups in total. The average Bonchev–Trinajstić information content (AvgIpc) is 2.83. The molecular formula is C31H36ClNO3. The summed E-state index contributed by atoms with van der Waals surface area (Å²) in [4.78, 5) is 2.43. The number of aromatic hydroxyl groups is 2. The average molecular weight is 506 g/mol. The van der Waals surface area contributed by atoms with Crippen molar-refractivity contribution in [3.63, 3.8) is 0 Å². The fourth-order valence-corrected chi connectivity index (χ4v) is 4.77. The van der Waals surface area contributed by atoms with Crippen LogP contribution in [0.5, 0.6) is 17.2 Å². The number of fused-ring (bicyclic) bond motifs is 1. The highest BCUT2D eigenvalue weighted by atomic mass is 35.5. The predicted octanol–water partition coefficient (Wildman–Crippen LogP) is 7.43. The van der Waals surface area contributed by atoms with E-state index in [9.17, 15) is 10.2 Å². The molecule has 0 bridgehead atoms. The van der Waals surface area contributed by atoms with Crippen LogP contribution in [0.1, 0.15) is 38.8 Å². The molecule has 0 fully saturated rings. The first-order valence-electron chi connectivity index (χ1n) is 12.3. The van der Waals surface area contributed by atoms with Crippen molar-refractivity contribution in [2.45, 2.75) is 46.2 Å². The van der Waals surface area contributed by atoms with Gasteiger partial charge in [0, 0.05) is 18.6 Å². The van der Waals surface area contributed by atoms with Gasteiger partial charge < -0.3 is 14.9 Å². The third-order valence-corrected chi connectivity index (χ3v) is 6.54. The van der Waals surface area contributed by atoms with Gasteiger partial charge in [-0.05, 0) is 104 Å². The van der Waals surface area contributed by atoms with Crippen molar-refractivity contribution >= 4 is 23.2 Å². The Kier molecular flexibility index (Phi) is 9.25. The Morgan fingerprint density at radius 1 is 0.750 bits per heavy atom. The highest BCUT2D eigenvalue weighted by molar-refractivity contribution is 5.93. The smallest absolute Gasteiger partial charge is 0.119 e. The maximum atomic E-state index is 9.98. The van der Waals surface area contributed by atoms with Crippen LogP contribution in [0.15, 0.2) is 78.9 Å². The van der Waals surface area contributed by atoms with Gasteiger partial charge in [0.1, 0.15) is 23.9 Å². The summed E-state index contributed by atoms with van der Waals surface area (Å²) in [5.74, 6) is 1.39. The van der Waals surface area contributed by atoms with Crippen LogP contribution in [0.25, 0.3) is 21.9 Å². The zero-order valence-electron chi connectivity index (χ0n) is 21.4. The molecule has 4 aromatic rings. The standard InChI is InChI=1S/C31H35NO3.ClH/c1-21(2)32(22(3)4)17-18-35-28-13-5-23(6-14-28)19-31-29(24-7-10-26(33)11-8-24)15-9-25-20-27(34)12-16-30(25)31;/h5-16,20-22,33-34H,17-19H2,1-4H3;1H. The summed E-state index contributed by atoms with van der Waals surface area (Å²) in [6.07, 6.45) is 0.743. The van der Waals surface area contributed by atoms with Crippen LogP contribution in [0, 0.1) is 0 Å². The van der Waals surface area contributed by atoms with E-state index in [1.807, 2.05) is 36.4 Å². The van der Waals surface area contributed by atoms with Gasteiger partial charge in [0.25, 0.3) is 0 Å². The Hall–Kier alpha value is -3.21. The van der Waals surface area contributed by atoms with E-state index in [2.05, 4.69) is 50.8 Å². The molecule has 0 aliphatic rings. The summed E-state index contributed by atoms with van der Waals surface area (Å²) < 4.78 is 6.04. The second kappa shape index (κ2) is 12.2. The van der Waals surface area contributed by atoms with E-state index in [1.165, 1.54) is 11.1 Å². The number of halogens is 1. The zero-order chi connectivity index (χ0) is 24.9. The first-order chi connectivity index (χ1) is 16.8. The topological polar surface area (TPSA) is 52.9 Å². The Balaban J connectivity index is 0.00000361. The van der Waals surface area contributed by atoms with Crippen molar-refractivity contribution in [3.05, 3.63) is 90.0 Å². The Bertz CT molecular complexity index is 1260. The number of nitrogens with zero attached hydrogens (tertiary/aromatic N) is 1. The molecule has 4 nitrogen and oxygen atoms in total. The number of rotatable bonds is 9. The van der Waals surface area contributed by atoms with Gasteiger partial charge in [-0.15, -0.1) is 12.4 Å². The van der Waals surface area contributed by atoms with Gasteiger partial charge in [0.15, 0.2) is 0 Å². The molecule has 0 aliphatic heterocycles. The van der Waals surface area contributed by atoms with E-state index < -0.39 is 0 Å². The van der Waals surface area contributed by atoms with Gasteiger partial charge in [0.2, 0.25) is 0 Å². The summed E-state index contributed by atoms with van der Waals surface area (Å²) in [5, 5.41) is 21.8. The molecular weight excluding hydrogens is 470 g/mol. The van der Waals surface area contributed by atoms with Crippen molar-refractivity contribution in [2.75, 3.05) is 13.2 Å². The number of phenolic OH excluding ortho intramolecular Hbond substituents is 2. The largest absolute Gasteiger partial charge is 0.508 e. The van der Waals surface area contributed by atoms with Crippen molar-refractivity contribution < 1.29 is 14.9 Å². The van der Waals surface area contributed by atoms with Crippen molar-refractivity contribution in [3.8, 4) is 28.4 Å². The molecule has 0 atom stereocenters. The molecule has 0 spiro atoms. The lowest BCUT2D eigenvalue weighted by atomic mass is 9.90. The number of benzene rings is 4. The monoisotopic (exact) mass is 505 g/mol. The van der Waals surface area contributed by atoms with E-state index in [4.69, 9.17) is 4.74 Å². The first-order valence-corrected chi connectivity index (χ1v) is 12.3. The van der Waals surface area contributed by atoms with Gasteiger partial charge in [-0.25, -0.2) is 0 Å². The van der Waals surface area contributed by atoms with Gasteiger partial charge in [-0.2, -0.15) is 0 Å². The second-order valence-corrected chi connectivity index (χ2v) is 9.64. The summed E-state index contributed by atoms with van der Waals surface area (Å²) in [7, 11) is 0. The van der Waals surface area contributed by atoms with Gasteiger partial charge in [-0.3, -0.25) is 4.90 Å². The minimum atomic E-state index is 0. The van der Waals surface area contributed by atoms with Crippen LogP contribution >= 0.6 is 12.4 Å². The normalized spacial score (nSPS) is 11.3. The van der Waals surface area contributed by atoms with Crippen LogP contribution in [-0.4, -0.2) is 40.3 Å². The number of phenols is 2. The lowest BCUT2D eigenvalue weighted by Gasteiger charge is -2.30. The highest BCUT2D eigenvalue weighted by Gasteiger charge is 2.14. The fraction of sp³-hybridized carbons (Fsp3) is 0.290. The fourth-order valence-electron chi connectivity index (χ4n) is 4.77. The van der Waals surface area contributed by atoms with Crippen LogP contribution in [0.2, 0.25) is 0 Å². The van der Waals surface area contributed by atoms with Crippen molar-refractivity contribution in [1.82, 2.24) is 4.90 Å². The summed E-state index contributed by atoms with van der Waals surface area (Å²) in [6.45, 7) is 10.4. The van der Waals surface area contributed by atoms with E-state index >= 15 is 0 Å². The van der Waals surface area contributed by atoms with Crippen LogP contribution in [0.4, 0.5) is 0 Å². The zero-order valence-corrected chi connectivity index (χ0v) is 22.3. The molecule has 0 amide bonds. The third kappa shape index (κ3) is 6.51. The summed E-state index contributed by atoms with van der Waals surface area (Å²) >= 11 is 0. The maximum absolute atomic E-state index is 9.98. The quantitative estimate of drug-likeness (QED) is 0.248. The van der Waals surface area contributed by atoms with Crippen molar-refractivity contribution in [1.29, 1.82) is 0 Å². The molecule has 0 heterocycles. The van der Waals surface area contributed by atoms with E-state index in [0.717, 1.165) is 40.6 Å². The van der Waals surface area contributed by atoms with Gasteiger partial charge >= 0.3 is 0 Å². The molecule has 5 heteroatoms. The van der Waals surface area contributed by atoms with Crippen LogP contribution in [0.3, 0.4) is 0 Å². The lowest BCUT2D eigenvalue weighted by Crippen LogP contribution is -2.39. The molecule has 4 aromatic carbocycles. The number of hydrogen-bond acceptors (Lipinski definition) is 4. The molecule has 0 aromatic heterocycles. The Morgan fingerprint density at radius 3 is 2.03 bits per heavy atom. The summed E-state index contributed by atoms with van der Waals surface area (Å²) in [6, 6.07) is 26.3. The lowest BCUT2D eigenvalue weighted by molar-refractivity contribution is 0.142. The molecule has 0 aliphatic carbocycles. The predicted molar refractivity (Wildman–Crippen MR) is 152 cm³/mol. The summed E-state index contributed by atoms with van der Waals surface area (Å²) in [5.41, 5.74) is 4.54. The highest BCUT2D eigenvalue weighted by Crippen LogP contribution is 2.34. The minimum Gasteiger partial charge on any atom is -0.508 e. The Morgan fingerprint density at radius 2 is 1.39 bits per heavy atom. The Labute approximate surface area is 220 Å². The molecule has 190 valence electrons. The SMILES string of the molecule is CC(C)N(CCOc1ccc(Cc2c(-c3ccc(O)cc3)ccc3cc(O)ccc23)cc1)C(C)C.Cl. The maximum Gasteiger partial charge on any atom is 0.119 e. The van der Waals surface area contributed by atoms with Crippen LogP contribution in [-0.2, 0) is 6.42 Å². The van der Waals surface area contributed by atoms with Gasteiger partial charge in [-0.1, -0.05) is 42.5 Å². The van der Waals surface area contributed by atoms with E-state index in [0.29, 0.717) is 18.7 Å². The van der Waals surface area contributed by atoms with Crippen molar-refractivity contribution in [2.24, 2.45) is 0 Å². The number of hydrogen-bond donors (Lipinski definition) is 2. The molecule has 0 saturated carbocycles. The van der Waals surface area contributed by atoms with E-state index in [-0.39, 0.29) is 23.9 Å². The molecule has 36 heavy (non-hydrogen) atoms. The first kappa shape index (κ1) is 27.4. The second-order valence-electron chi connectivity index (χ2n) is 9.64. The minimum absolute atomic E-state index is 0. The van der Waals surface area contributed by atoms with E-state index in [1.54, 1.807) is 24.3 Å². The molecule has 0 unspecified atom stereocenters. The molecule has 4 rings (SSSR count). The van der Waals surface area contributed by atoms with Gasteiger partial charge in [0.05, 0.1) is 0 Å². The number of ether oxygens (including phenoxy) is 1. The van der Waals surface area contributed by atoms with Crippen LogP contribution < -0.4 is 4.74 Å². The molecule has 0 radical (unpaired) electrons. The third-order valence-electron chi connectivity index (χ3n) is 6.54. The molecule has 0 saturated heterocycles.